The first-order valence-electron chi connectivity index (χ1n) is 6.56. The van der Waals surface area contributed by atoms with Crippen molar-refractivity contribution in [1.82, 2.24) is 5.32 Å². The van der Waals surface area contributed by atoms with Gasteiger partial charge in [-0.1, -0.05) is 13.3 Å². The zero-order valence-corrected chi connectivity index (χ0v) is 10.8. The molecule has 0 aromatic carbocycles. The predicted molar refractivity (Wildman–Crippen MR) is 64.6 cm³/mol. The molecule has 2 aliphatic carbocycles. The van der Waals surface area contributed by atoms with E-state index in [4.69, 9.17) is 9.47 Å². The molecule has 0 amide bonds. The average Bonchev–Trinajstić information content (AvgIpc) is 2.20. The Kier molecular flexibility index (Phi) is 3.88. The standard InChI is InChI=1S/C13H25NO2/c1-4-16-11-8-10(12(11)15-3)14-9-13(2)6-5-7-13/h10-12,14H,4-9H2,1-3H3. The van der Waals surface area contributed by atoms with Crippen LogP contribution in [0.3, 0.4) is 0 Å². The number of hydrogen-bond donors (Lipinski definition) is 1. The molecule has 0 saturated heterocycles. The van der Waals surface area contributed by atoms with Crippen LogP contribution in [0, 0.1) is 5.41 Å². The van der Waals surface area contributed by atoms with Crippen molar-refractivity contribution in [3.63, 3.8) is 0 Å². The lowest BCUT2D eigenvalue weighted by Gasteiger charge is -2.46. The number of nitrogens with one attached hydrogen (secondary N) is 1. The largest absolute Gasteiger partial charge is 0.377 e. The molecule has 3 unspecified atom stereocenters. The highest BCUT2D eigenvalue weighted by atomic mass is 16.5. The van der Waals surface area contributed by atoms with Gasteiger partial charge < -0.3 is 14.8 Å². The van der Waals surface area contributed by atoms with Crippen LogP contribution in [-0.2, 0) is 9.47 Å². The first-order valence-corrected chi connectivity index (χ1v) is 6.56. The van der Waals surface area contributed by atoms with Gasteiger partial charge in [0.05, 0.1) is 12.2 Å². The molecular weight excluding hydrogens is 202 g/mol. The van der Waals surface area contributed by atoms with Crippen LogP contribution in [0.1, 0.15) is 39.5 Å². The minimum Gasteiger partial charge on any atom is -0.377 e. The molecule has 2 rings (SSSR count). The van der Waals surface area contributed by atoms with E-state index >= 15 is 0 Å². The van der Waals surface area contributed by atoms with E-state index < -0.39 is 0 Å². The molecule has 2 aliphatic rings. The molecule has 2 fully saturated rings. The highest BCUT2D eigenvalue weighted by molar-refractivity contribution is 4.98. The lowest BCUT2D eigenvalue weighted by atomic mass is 9.70. The first kappa shape index (κ1) is 12.3. The third-order valence-electron chi connectivity index (χ3n) is 4.25. The van der Waals surface area contributed by atoms with E-state index in [0.29, 0.717) is 17.6 Å². The summed E-state index contributed by atoms with van der Waals surface area (Å²) in [5.74, 6) is 0. The summed E-state index contributed by atoms with van der Waals surface area (Å²) in [5.41, 5.74) is 0.551. The first-order chi connectivity index (χ1) is 7.68. The molecule has 0 aromatic rings. The molecular formula is C13H25NO2. The molecule has 1 N–H and O–H groups in total. The summed E-state index contributed by atoms with van der Waals surface area (Å²) in [6, 6.07) is 0.499. The van der Waals surface area contributed by atoms with Gasteiger partial charge in [0.15, 0.2) is 0 Å². The quantitative estimate of drug-likeness (QED) is 0.752. The van der Waals surface area contributed by atoms with Gasteiger partial charge in [-0.25, -0.2) is 0 Å². The zero-order chi connectivity index (χ0) is 11.6. The molecule has 0 spiro atoms. The third kappa shape index (κ3) is 2.41. The van der Waals surface area contributed by atoms with Gasteiger partial charge in [-0.15, -0.1) is 0 Å². The van der Waals surface area contributed by atoms with Crippen LogP contribution in [0.2, 0.25) is 0 Å². The summed E-state index contributed by atoms with van der Waals surface area (Å²) in [7, 11) is 1.79. The lowest BCUT2D eigenvalue weighted by Crippen LogP contribution is -2.61. The van der Waals surface area contributed by atoms with Crippen LogP contribution >= 0.6 is 0 Å². The molecule has 0 radical (unpaired) electrons. The van der Waals surface area contributed by atoms with Crippen molar-refractivity contribution in [2.45, 2.75) is 57.8 Å². The fourth-order valence-electron chi connectivity index (χ4n) is 2.81. The summed E-state index contributed by atoms with van der Waals surface area (Å²) in [4.78, 5) is 0. The number of ether oxygens (including phenoxy) is 2. The van der Waals surface area contributed by atoms with Crippen LogP contribution in [0.25, 0.3) is 0 Å². The molecule has 0 aliphatic heterocycles. The van der Waals surface area contributed by atoms with Crippen molar-refractivity contribution in [3.8, 4) is 0 Å². The number of rotatable bonds is 6. The van der Waals surface area contributed by atoms with Crippen LogP contribution in [0.4, 0.5) is 0 Å². The Hall–Kier alpha value is -0.120. The molecule has 0 heterocycles. The van der Waals surface area contributed by atoms with E-state index in [1.54, 1.807) is 7.11 Å². The van der Waals surface area contributed by atoms with Gasteiger partial charge in [0.2, 0.25) is 0 Å². The summed E-state index contributed by atoms with van der Waals surface area (Å²) >= 11 is 0. The maximum Gasteiger partial charge on any atom is 0.0986 e. The topological polar surface area (TPSA) is 30.5 Å². The second-order valence-electron chi connectivity index (χ2n) is 5.58. The summed E-state index contributed by atoms with van der Waals surface area (Å²) in [6.45, 7) is 6.35. The Morgan fingerprint density at radius 1 is 1.38 bits per heavy atom. The van der Waals surface area contributed by atoms with Gasteiger partial charge in [-0.3, -0.25) is 0 Å². The van der Waals surface area contributed by atoms with Crippen molar-refractivity contribution in [2.75, 3.05) is 20.3 Å². The van der Waals surface area contributed by atoms with E-state index in [2.05, 4.69) is 12.2 Å². The molecule has 16 heavy (non-hydrogen) atoms. The predicted octanol–water partition coefficient (Wildman–Crippen LogP) is 1.96. The van der Waals surface area contributed by atoms with Crippen molar-refractivity contribution >= 4 is 0 Å². The van der Waals surface area contributed by atoms with Crippen molar-refractivity contribution in [2.24, 2.45) is 5.41 Å². The molecule has 3 nitrogen and oxygen atoms in total. The Bertz CT molecular complexity index is 228. The maximum absolute atomic E-state index is 5.62. The third-order valence-corrected chi connectivity index (χ3v) is 4.25. The minimum atomic E-state index is 0.253. The summed E-state index contributed by atoms with van der Waals surface area (Å²) < 4.78 is 11.1. The molecule has 0 bridgehead atoms. The van der Waals surface area contributed by atoms with Crippen molar-refractivity contribution < 1.29 is 9.47 Å². The average molecular weight is 227 g/mol. The van der Waals surface area contributed by atoms with Crippen molar-refractivity contribution in [3.05, 3.63) is 0 Å². The van der Waals surface area contributed by atoms with Gasteiger partial charge in [-0.2, -0.15) is 0 Å². The van der Waals surface area contributed by atoms with E-state index in [0.717, 1.165) is 19.6 Å². The lowest BCUT2D eigenvalue weighted by molar-refractivity contribution is -0.133. The van der Waals surface area contributed by atoms with E-state index in [9.17, 15) is 0 Å². The second-order valence-corrected chi connectivity index (χ2v) is 5.58. The summed E-state index contributed by atoms with van der Waals surface area (Å²) in [6.07, 6.45) is 5.81. The van der Waals surface area contributed by atoms with Gasteiger partial charge in [0.1, 0.15) is 0 Å². The van der Waals surface area contributed by atoms with E-state index in [1.807, 2.05) is 6.92 Å². The maximum atomic E-state index is 5.62. The fourth-order valence-corrected chi connectivity index (χ4v) is 2.81. The van der Waals surface area contributed by atoms with Gasteiger partial charge in [0.25, 0.3) is 0 Å². The monoisotopic (exact) mass is 227 g/mol. The Labute approximate surface area is 98.9 Å². The second kappa shape index (κ2) is 5.03. The van der Waals surface area contributed by atoms with E-state index in [1.165, 1.54) is 19.3 Å². The zero-order valence-electron chi connectivity index (χ0n) is 10.8. The molecule has 0 aromatic heterocycles. The van der Waals surface area contributed by atoms with Crippen LogP contribution in [0.15, 0.2) is 0 Å². The highest BCUT2D eigenvalue weighted by Crippen LogP contribution is 2.40. The Morgan fingerprint density at radius 2 is 2.12 bits per heavy atom. The van der Waals surface area contributed by atoms with Gasteiger partial charge in [0, 0.05) is 26.3 Å². The smallest absolute Gasteiger partial charge is 0.0986 e. The molecule has 94 valence electrons. The molecule has 2 saturated carbocycles. The normalized spacial score (nSPS) is 36.6. The van der Waals surface area contributed by atoms with Gasteiger partial charge >= 0.3 is 0 Å². The van der Waals surface area contributed by atoms with Crippen LogP contribution in [-0.4, -0.2) is 38.5 Å². The van der Waals surface area contributed by atoms with E-state index in [-0.39, 0.29) is 6.10 Å². The fraction of sp³-hybridized carbons (Fsp3) is 1.00. The Morgan fingerprint density at radius 3 is 2.62 bits per heavy atom. The number of methoxy groups -OCH3 is 1. The Balaban J connectivity index is 1.70. The molecule has 3 heteroatoms. The number of hydrogen-bond acceptors (Lipinski definition) is 3. The SMILES string of the molecule is CCOC1CC(NCC2(C)CCC2)C1OC. The minimum absolute atomic E-state index is 0.253. The van der Waals surface area contributed by atoms with Gasteiger partial charge in [-0.05, 0) is 31.6 Å². The van der Waals surface area contributed by atoms with Crippen molar-refractivity contribution in [1.29, 1.82) is 0 Å². The highest BCUT2D eigenvalue weighted by Gasteiger charge is 2.43. The summed E-state index contributed by atoms with van der Waals surface area (Å²) in [5, 5.41) is 3.65. The van der Waals surface area contributed by atoms with Crippen LogP contribution < -0.4 is 5.32 Å². The molecule has 3 atom stereocenters. The van der Waals surface area contributed by atoms with Crippen LogP contribution in [0.5, 0.6) is 0 Å².